The maximum absolute atomic E-state index is 4.72. The van der Waals surface area contributed by atoms with Crippen LogP contribution >= 0.6 is 0 Å². The van der Waals surface area contributed by atoms with E-state index in [1.54, 1.807) is 27.7 Å². The lowest BCUT2D eigenvalue weighted by Crippen LogP contribution is -1.42. The average molecular weight is 549 g/mol. The van der Waals surface area contributed by atoms with Crippen molar-refractivity contribution in [2.45, 2.75) is 70.2 Å². The standard InChI is InChI=1S/2C6H2.2C5H4.2C4H6.2C3H4.2C2H2.2CH4/c2*1-3-5-6-4-2;2*1-3-5-4-2;2*1-3-4-2;2*1-3-2;2*1-2;;/h2*1-2H;2*1H,2H3;2*1-2H3;2*1H,2H3;2*1-2H;2*1H4. The maximum atomic E-state index is 4.72. The highest BCUT2D eigenvalue weighted by molar-refractivity contribution is 5.32. The normalized spacial score (nSPS) is 2.76. The minimum atomic E-state index is 0. The molecule has 0 aromatic carbocycles. The monoisotopic (exact) mass is 548 g/mol. The van der Waals surface area contributed by atoms with Crippen LogP contribution in [-0.2, 0) is 0 Å². The molecule has 0 amide bonds. The van der Waals surface area contributed by atoms with E-state index in [-0.39, 0.29) is 14.9 Å². The molecule has 0 heterocycles. The van der Waals surface area contributed by atoms with Crippen LogP contribution < -0.4 is 0 Å². The van der Waals surface area contributed by atoms with Crippen LogP contribution in [0.4, 0.5) is 0 Å². The molecule has 0 atom stereocenters. The topological polar surface area (TPSA) is 0 Å². The summed E-state index contributed by atoms with van der Waals surface area (Å²) in [5, 5.41) is 0. The van der Waals surface area contributed by atoms with Crippen molar-refractivity contribution in [2.24, 2.45) is 0 Å². The average Bonchev–Trinajstić information content (AvgIpc) is 3.00. The lowest BCUT2D eigenvalue weighted by atomic mass is 10.6. The molecule has 0 aliphatic rings. The van der Waals surface area contributed by atoms with Crippen LogP contribution in [0.2, 0.25) is 0 Å². The first-order chi connectivity index (χ1) is 19.3. The highest BCUT2D eigenvalue weighted by atomic mass is 13.4. The summed E-state index contributed by atoms with van der Waals surface area (Å²) in [5.41, 5.74) is 0. The van der Waals surface area contributed by atoms with Gasteiger partial charge in [0.15, 0.2) is 0 Å². The summed E-state index contributed by atoms with van der Waals surface area (Å²) in [7, 11) is 0. The number of terminal acetylenes is 10. The molecule has 0 aliphatic carbocycles. The Balaban J connectivity index is -0.0000000241. The SMILES string of the molecule is C.C.C#C.C#C.C#CC.C#CC.C#CC#CC.C#CC#CC.C#CC#CC#C.C#CC#CC#C.CC#CC.CC#CC. The molecule has 0 aromatic heterocycles. The summed E-state index contributed by atoms with van der Waals surface area (Å²) < 4.78 is 0. The third-order valence-electron chi connectivity index (χ3n) is 1.31. The van der Waals surface area contributed by atoms with E-state index in [1.807, 2.05) is 27.7 Å². The number of rotatable bonds is 0. The van der Waals surface area contributed by atoms with Crippen LogP contribution in [0.3, 0.4) is 0 Å². The van der Waals surface area contributed by atoms with Crippen molar-refractivity contribution in [3.05, 3.63) is 0 Å². The molecule has 0 unspecified atom stereocenters. The molecule has 0 spiro atoms. The second kappa shape index (κ2) is 220. The lowest BCUT2D eigenvalue weighted by molar-refractivity contribution is 1.83. The molecular formula is C42H44. The van der Waals surface area contributed by atoms with Crippen LogP contribution in [0.15, 0.2) is 0 Å². The molecule has 212 valence electrons. The van der Waals surface area contributed by atoms with Crippen molar-refractivity contribution in [3.8, 4) is 195 Å². The van der Waals surface area contributed by atoms with Gasteiger partial charge in [-0.15, -0.1) is 113 Å². The molecule has 0 heteroatoms. The maximum Gasteiger partial charge on any atom is -0.00134 e. The minimum Gasteiger partial charge on any atom is -0.124 e. The largest absolute Gasteiger partial charge is 0.124 e. The molecule has 0 fully saturated rings. The van der Waals surface area contributed by atoms with Gasteiger partial charge in [-0.1, -0.05) is 26.7 Å². The van der Waals surface area contributed by atoms with Crippen molar-refractivity contribution < 1.29 is 0 Å². The molecule has 0 aromatic rings. The summed E-state index contributed by atoms with van der Waals surface area (Å²) in [6, 6.07) is 0. The summed E-state index contributed by atoms with van der Waals surface area (Å²) in [5.74, 6) is 46.6. The second-order valence-corrected chi connectivity index (χ2v) is 3.69. The molecular weight excluding hydrogens is 504 g/mol. The van der Waals surface area contributed by atoms with Crippen LogP contribution in [0, 0.1) is 195 Å². The van der Waals surface area contributed by atoms with Crippen LogP contribution in [0.1, 0.15) is 70.2 Å². The van der Waals surface area contributed by atoms with Gasteiger partial charge in [0.25, 0.3) is 0 Å². The van der Waals surface area contributed by atoms with Gasteiger partial charge in [0.1, 0.15) is 0 Å². The Hall–Kier alpha value is -7.04. The van der Waals surface area contributed by atoms with E-state index in [1.165, 1.54) is 0 Å². The van der Waals surface area contributed by atoms with Crippen molar-refractivity contribution in [1.29, 1.82) is 0 Å². The van der Waals surface area contributed by atoms with Gasteiger partial charge in [0, 0.05) is 0 Å². The molecule has 0 saturated carbocycles. The first-order valence-electron chi connectivity index (χ1n) is 9.98. The van der Waals surface area contributed by atoms with Crippen LogP contribution in [0.25, 0.3) is 0 Å². The van der Waals surface area contributed by atoms with E-state index in [4.69, 9.17) is 38.5 Å². The predicted molar refractivity (Wildman–Crippen MR) is 196 cm³/mol. The Morgan fingerprint density at radius 3 is 0.405 bits per heavy atom. The molecule has 0 N–H and O–H groups in total. The van der Waals surface area contributed by atoms with E-state index in [0.717, 1.165) is 0 Å². The van der Waals surface area contributed by atoms with Crippen molar-refractivity contribution >= 4 is 0 Å². The fourth-order valence-electron chi connectivity index (χ4n) is 0.289. The van der Waals surface area contributed by atoms with Crippen molar-refractivity contribution in [3.63, 3.8) is 0 Å². The number of hydrogen-bond donors (Lipinski definition) is 0. The van der Waals surface area contributed by atoms with Gasteiger partial charge in [-0.2, -0.15) is 0 Å². The van der Waals surface area contributed by atoms with Gasteiger partial charge in [-0.3, -0.25) is 0 Å². The van der Waals surface area contributed by atoms with Gasteiger partial charge in [0.2, 0.25) is 0 Å². The molecule has 0 nitrogen and oxygen atoms in total. The van der Waals surface area contributed by atoms with Gasteiger partial charge >= 0.3 is 0 Å². The molecule has 0 bridgehead atoms. The van der Waals surface area contributed by atoms with Crippen molar-refractivity contribution in [1.82, 2.24) is 0 Å². The quantitative estimate of drug-likeness (QED) is 0.289. The second-order valence-electron chi connectivity index (χ2n) is 3.69. The molecule has 0 saturated heterocycles. The van der Waals surface area contributed by atoms with E-state index in [0.29, 0.717) is 0 Å². The summed E-state index contributed by atoms with van der Waals surface area (Å²) >= 11 is 0. The highest BCUT2D eigenvalue weighted by Crippen LogP contribution is 1.44. The summed E-state index contributed by atoms with van der Waals surface area (Å²) in [6.45, 7) is 14.0. The molecule has 42 heavy (non-hydrogen) atoms. The lowest BCUT2D eigenvalue weighted by Gasteiger charge is -1.43. The highest BCUT2D eigenvalue weighted by Gasteiger charge is 1.42. The summed E-state index contributed by atoms with van der Waals surface area (Å²) in [6.07, 6.45) is 53.4. The van der Waals surface area contributed by atoms with Gasteiger partial charge in [-0.25, -0.2) is 0 Å². The van der Waals surface area contributed by atoms with Crippen LogP contribution in [0.5, 0.6) is 0 Å². The van der Waals surface area contributed by atoms with E-state index in [9.17, 15) is 0 Å². The Morgan fingerprint density at radius 1 is 0.262 bits per heavy atom. The molecule has 0 rings (SSSR count). The van der Waals surface area contributed by atoms with Gasteiger partial charge in [-0.05, 0) is 126 Å². The minimum absolute atomic E-state index is 0. The summed E-state index contributed by atoms with van der Waals surface area (Å²) in [4.78, 5) is 0. The Morgan fingerprint density at radius 2 is 0.381 bits per heavy atom. The Bertz CT molecular complexity index is 1130. The van der Waals surface area contributed by atoms with E-state index < -0.39 is 0 Å². The number of hydrogen-bond acceptors (Lipinski definition) is 0. The third-order valence-corrected chi connectivity index (χ3v) is 1.31. The first-order valence-corrected chi connectivity index (χ1v) is 9.98. The van der Waals surface area contributed by atoms with Gasteiger partial charge in [0.05, 0.1) is 0 Å². The third kappa shape index (κ3) is 1370. The van der Waals surface area contributed by atoms with E-state index in [2.05, 4.69) is 157 Å². The van der Waals surface area contributed by atoms with Gasteiger partial charge < -0.3 is 0 Å². The Labute approximate surface area is 265 Å². The fraction of sp³-hybridized carbons (Fsp3) is 0.238. The predicted octanol–water partition coefficient (Wildman–Crippen LogP) is 6.91. The molecule has 0 radical (unpaired) electrons. The zero-order chi connectivity index (χ0) is 34.1. The fourth-order valence-corrected chi connectivity index (χ4v) is 0.289. The molecule has 0 aliphatic heterocycles. The van der Waals surface area contributed by atoms with Crippen LogP contribution in [-0.4, -0.2) is 0 Å². The van der Waals surface area contributed by atoms with E-state index >= 15 is 0 Å². The Kier molecular flexibility index (Phi) is 400. The zero-order valence-corrected chi connectivity index (χ0v) is 24.9. The van der Waals surface area contributed by atoms with Crippen molar-refractivity contribution in [2.75, 3.05) is 0 Å². The first kappa shape index (κ1) is 76.5. The zero-order valence-electron chi connectivity index (χ0n) is 24.9. The smallest absolute Gasteiger partial charge is 0.00134 e.